The van der Waals surface area contributed by atoms with Crippen LogP contribution >= 0.6 is 0 Å². The molecule has 0 radical (unpaired) electrons. The van der Waals surface area contributed by atoms with Crippen LogP contribution in [0.2, 0.25) is 0 Å². The van der Waals surface area contributed by atoms with Gasteiger partial charge in [-0.3, -0.25) is 4.79 Å². The molecular formula is C12H12N4O4. The van der Waals surface area contributed by atoms with Gasteiger partial charge in [0.25, 0.3) is 0 Å². The first-order valence-corrected chi connectivity index (χ1v) is 5.94. The van der Waals surface area contributed by atoms with Crippen LogP contribution in [0.25, 0.3) is 0 Å². The summed E-state index contributed by atoms with van der Waals surface area (Å²) in [5, 5.41) is 19.0. The molecule has 0 unspecified atom stereocenters. The molecular weight excluding hydrogens is 264 g/mol. The van der Waals surface area contributed by atoms with Crippen molar-refractivity contribution < 1.29 is 19.4 Å². The van der Waals surface area contributed by atoms with E-state index in [0.29, 0.717) is 22.9 Å². The number of ether oxygens (including phenoxy) is 2. The van der Waals surface area contributed by atoms with Crippen molar-refractivity contribution in [2.75, 3.05) is 12.1 Å². The number of amides is 1. The Balaban J connectivity index is 1.64. The minimum absolute atomic E-state index is 0.0153. The molecule has 0 aliphatic carbocycles. The average Bonchev–Trinajstić information content (AvgIpc) is 3.06. The Hall–Kier alpha value is -2.61. The van der Waals surface area contributed by atoms with E-state index in [1.807, 2.05) is 0 Å². The molecule has 1 aromatic heterocycles. The molecule has 1 aliphatic heterocycles. The van der Waals surface area contributed by atoms with Crippen molar-refractivity contribution in [3.8, 4) is 11.5 Å². The first kappa shape index (κ1) is 12.4. The van der Waals surface area contributed by atoms with E-state index in [-0.39, 0.29) is 25.9 Å². The molecule has 1 aromatic carbocycles. The number of nitrogens with one attached hydrogen (secondary N) is 1. The number of carbonyl (C=O) groups excluding carboxylic acids is 1. The summed E-state index contributed by atoms with van der Waals surface area (Å²) in [7, 11) is 0. The lowest BCUT2D eigenvalue weighted by Gasteiger charge is -2.05. The van der Waals surface area contributed by atoms with Crippen molar-refractivity contribution in [2.45, 2.75) is 13.2 Å². The number of carbonyl (C=O) groups is 1. The Bertz CT molecular complexity index is 640. The number of aliphatic hydroxyl groups excluding tert-OH is 1. The van der Waals surface area contributed by atoms with Crippen LogP contribution in [0.4, 0.5) is 5.69 Å². The van der Waals surface area contributed by atoms with E-state index in [1.54, 1.807) is 18.2 Å². The maximum atomic E-state index is 11.8. The second kappa shape index (κ2) is 5.17. The maximum absolute atomic E-state index is 11.8. The van der Waals surface area contributed by atoms with E-state index in [1.165, 1.54) is 10.9 Å². The van der Waals surface area contributed by atoms with Gasteiger partial charge in [-0.15, -0.1) is 5.10 Å². The van der Waals surface area contributed by atoms with Gasteiger partial charge in [-0.25, -0.2) is 4.68 Å². The Kier molecular flexibility index (Phi) is 3.21. The van der Waals surface area contributed by atoms with Gasteiger partial charge >= 0.3 is 0 Å². The minimum atomic E-state index is -0.252. The predicted octanol–water partition coefficient (Wildman–Crippen LogP) is 0.138. The smallest absolute Gasteiger partial charge is 0.246 e. The fraction of sp³-hybridized carbons (Fsp3) is 0.250. The normalized spacial score (nSPS) is 12.4. The predicted molar refractivity (Wildman–Crippen MR) is 67.1 cm³/mol. The fourth-order valence-corrected chi connectivity index (χ4v) is 1.81. The van der Waals surface area contributed by atoms with Crippen molar-refractivity contribution >= 4 is 11.6 Å². The summed E-state index contributed by atoms with van der Waals surface area (Å²) < 4.78 is 11.8. The molecule has 2 heterocycles. The van der Waals surface area contributed by atoms with Gasteiger partial charge in [0.2, 0.25) is 12.7 Å². The summed E-state index contributed by atoms with van der Waals surface area (Å²) >= 11 is 0. The number of rotatable bonds is 4. The van der Waals surface area contributed by atoms with Crippen LogP contribution in [0.3, 0.4) is 0 Å². The molecule has 104 valence electrons. The molecule has 1 amide bonds. The van der Waals surface area contributed by atoms with E-state index in [0.717, 1.165) is 0 Å². The number of benzene rings is 1. The summed E-state index contributed by atoms with van der Waals surface area (Å²) in [6.07, 6.45) is 1.51. The highest BCUT2D eigenvalue weighted by molar-refractivity contribution is 5.90. The molecule has 0 spiro atoms. The highest BCUT2D eigenvalue weighted by Gasteiger charge is 2.14. The zero-order valence-electron chi connectivity index (χ0n) is 10.4. The third-order valence-corrected chi connectivity index (χ3v) is 2.71. The third-order valence-electron chi connectivity index (χ3n) is 2.71. The number of aliphatic hydroxyl groups is 1. The lowest BCUT2D eigenvalue weighted by atomic mass is 10.3. The van der Waals surface area contributed by atoms with Gasteiger partial charge in [0.1, 0.15) is 12.2 Å². The second-order valence-corrected chi connectivity index (χ2v) is 4.18. The Morgan fingerprint density at radius 2 is 2.25 bits per heavy atom. The van der Waals surface area contributed by atoms with Gasteiger partial charge in [0.05, 0.1) is 12.8 Å². The van der Waals surface area contributed by atoms with Crippen LogP contribution in [-0.4, -0.2) is 32.8 Å². The summed E-state index contributed by atoms with van der Waals surface area (Å²) in [6, 6.07) is 5.16. The number of anilines is 1. The molecule has 2 N–H and O–H groups in total. The second-order valence-electron chi connectivity index (χ2n) is 4.18. The zero-order valence-corrected chi connectivity index (χ0v) is 10.4. The van der Waals surface area contributed by atoms with Gasteiger partial charge in [-0.05, 0) is 12.1 Å². The first-order valence-electron chi connectivity index (χ1n) is 5.94. The van der Waals surface area contributed by atoms with Gasteiger partial charge in [-0.2, -0.15) is 0 Å². The van der Waals surface area contributed by atoms with Crippen LogP contribution in [0.5, 0.6) is 11.5 Å². The number of fused-ring (bicyclic) bond motifs is 1. The molecule has 3 rings (SSSR count). The average molecular weight is 276 g/mol. The standard InChI is InChI=1S/C12H12N4O4/c17-6-9-4-16(15-14-9)5-12(18)13-8-1-2-10-11(3-8)20-7-19-10/h1-4,17H,5-7H2,(H,13,18). The van der Waals surface area contributed by atoms with E-state index < -0.39 is 0 Å². The van der Waals surface area contributed by atoms with Crippen molar-refractivity contribution in [3.63, 3.8) is 0 Å². The fourth-order valence-electron chi connectivity index (χ4n) is 1.81. The number of aromatic nitrogens is 3. The van der Waals surface area contributed by atoms with Crippen molar-refractivity contribution in [1.82, 2.24) is 15.0 Å². The molecule has 0 saturated carbocycles. The summed E-state index contributed by atoms with van der Waals surface area (Å²) in [4.78, 5) is 11.8. The zero-order chi connectivity index (χ0) is 13.9. The van der Waals surface area contributed by atoms with Gasteiger partial charge < -0.3 is 19.9 Å². The van der Waals surface area contributed by atoms with Crippen molar-refractivity contribution in [2.24, 2.45) is 0 Å². The lowest BCUT2D eigenvalue weighted by Crippen LogP contribution is -2.19. The molecule has 0 fully saturated rings. The molecule has 0 bridgehead atoms. The van der Waals surface area contributed by atoms with Crippen molar-refractivity contribution in [3.05, 3.63) is 30.1 Å². The Morgan fingerprint density at radius 3 is 3.05 bits per heavy atom. The van der Waals surface area contributed by atoms with Gasteiger partial charge in [0.15, 0.2) is 11.5 Å². The largest absolute Gasteiger partial charge is 0.454 e. The lowest BCUT2D eigenvalue weighted by molar-refractivity contribution is -0.116. The minimum Gasteiger partial charge on any atom is -0.454 e. The van der Waals surface area contributed by atoms with Crippen LogP contribution in [0.15, 0.2) is 24.4 Å². The Labute approximate surface area is 113 Å². The quantitative estimate of drug-likeness (QED) is 0.824. The molecule has 0 saturated heterocycles. The number of nitrogens with zero attached hydrogens (tertiary/aromatic N) is 3. The third kappa shape index (κ3) is 2.54. The monoisotopic (exact) mass is 276 g/mol. The molecule has 0 atom stereocenters. The van der Waals surface area contributed by atoms with Crippen LogP contribution < -0.4 is 14.8 Å². The molecule has 2 aromatic rings. The summed E-state index contributed by atoms with van der Waals surface area (Å²) in [5.41, 5.74) is 1.03. The molecule has 1 aliphatic rings. The van der Waals surface area contributed by atoms with Gasteiger partial charge in [-0.1, -0.05) is 5.21 Å². The highest BCUT2D eigenvalue weighted by atomic mass is 16.7. The summed E-state index contributed by atoms with van der Waals surface area (Å²) in [6.45, 7) is 0.000842. The number of hydrogen-bond donors (Lipinski definition) is 2. The van der Waals surface area contributed by atoms with E-state index in [2.05, 4.69) is 15.6 Å². The molecule has 8 heteroatoms. The topological polar surface area (TPSA) is 98.5 Å². The van der Waals surface area contributed by atoms with Crippen molar-refractivity contribution in [1.29, 1.82) is 0 Å². The first-order chi connectivity index (χ1) is 9.74. The van der Waals surface area contributed by atoms with Crippen LogP contribution in [-0.2, 0) is 17.9 Å². The maximum Gasteiger partial charge on any atom is 0.246 e. The Morgan fingerprint density at radius 1 is 1.40 bits per heavy atom. The van der Waals surface area contributed by atoms with E-state index >= 15 is 0 Å². The van der Waals surface area contributed by atoms with E-state index in [4.69, 9.17) is 14.6 Å². The van der Waals surface area contributed by atoms with E-state index in [9.17, 15) is 4.79 Å². The highest BCUT2D eigenvalue weighted by Crippen LogP contribution is 2.34. The van der Waals surface area contributed by atoms with Crippen LogP contribution in [0.1, 0.15) is 5.69 Å². The van der Waals surface area contributed by atoms with Gasteiger partial charge in [0, 0.05) is 11.8 Å². The molecule has 20 heavy (non-hydrogen) atoms. The summed E-state index contributed by atoms with van der Waals surface area (Å²) in [5.74, 6) is 1.01. The number of hydrogen-bond acceptors (Lipinski definition) is 6. The SMILES string of the molecule is O=C(Cn1cc(CO)nn1)Nc1ccc2c(c1)OCO2. The van der Waals surface area contributed by atoms with Crippen LogP contribution in [0, 0.1) is 0 Å². The molecule has 8 nitrogen and oxygen atoms in total.